The molecule has 1 aliphatic heterocycles. The Hall–Kier alpha value is -3.02. The minimum absolute atomic E-state index is 0.327. The van der Waals surface area contributed by atoms with Crippen molar-refractivity contribution in [3.63, 3.8) is 0 Å². The van der Waals surface area contributed by atoms with E-state index in [0.717, 1.165) is 15.4 Å². The van der Waals surface area contributed by atoms with Crippen LogP contribution in [0.15, 0.2) is 82.6 Å². The lowest BCUT2D eigenvalue weighted by molar-refractivity contribution is -0.119. The monoisotopic (exact) mass is 435 g/mol. The Bertz CT molecular complexity index is 1160. The fourth-order valence-electron chi connectivity index (χ4n) is 3.24. The molecule has 0 aromatic heterocycles. The van der Waals surface area contributed by atoms with Crippen molar-refractivity contribution in [2.24, 2.45) is 0 Å². The summed E-state index contributed by atoms with van der Waals surface area (Å²) in [6.45, 7) is 1.97. The summed E-state index contributed by atoms with van der Waals surface area (Å²) >= 11 is 7.44. The predicted molar refractivity (Wildman–Crippen MR) is 121 cm³/mol. The second-order valence-electron chi connectivity index (χ2n) is 6.75. The van der Waals surface area contributed by atoms with Crippen LogP contribution in [0.3, 0.4) is 0 Å². The number of methoxy groups -OCH3 is 1. The van der Waals surface area contributed by atoms with Crippen molar-refractivity contribution in [3.05, 3.63) is 93.9 Å². The molecule has 0 saturated carbocycles. The summed E-state index contributed by atoms with van der Waals surface area (Å²) in [6.07, 6.45) is 0. The number of carbonyl (C=O) groups is 2. The molecule has 0 bridgehead atoms. The molecule has 3 aromatic rings. The molecular weight excluding hydrogens is 418 g/mol. The molecule has 0 radical (unpaired) electrons. The van der Waals surface area contributed by atoms with E-state index in [1.165, 1.54) is 18.9 Å². The van der Waals surface area contributed by atoms with Gasteiger partial charge in [-0.05, 0) is 42.8 Å². The highest BCUT2D eigenvalue weighted by Crippen LogP contribution is 2.44. The van der Waals surface area contributed by atoms with E-state index in [-0.39, 0.29) is 0 Å². The maximum Gasteiger partial charge on any atom is 0.273 e. The Morgan fingerprint density at radius 3 is 2.27 bits per heavy atom. The van der Waals surface area contributed by atoms with Crippen LogP contribution < -0.4 is 9.64 Å². The number of imide groups is 1. The third-order valence-corrected chi connectivity index (χ3v) is 6.05. The maximum absolute atomic E-state index is 13.5. The van der Waals surface area contributed by atoms with Crippen LogP contribution in [0.2, 0.25) is 5.02 Å². The summed E-state index contributed by atoms with van der Waals surface area (Å²) < 4.78 is 5.39. The Morgan fingerprint density at radius 1 is 0.900 bits per heavy atom. The molecule has 1 aliphatic rings. The first-order valence-corrected chi connectivity index (χ1v) is 10.5. The van der Waals surface area contributed by atoms with Gasteiger partial charge in [-0.2, -0.15) is 0 Å². The zero-order chi connectivity index (χ0) is 21.3. The molecule has 0 unspecified atom stereocenters. The lowest BCUT2D eigenvalue weighted by Crippen LogP contribution is -2.31. The van der Waals surface area contributed by atoms with Crippen LogP contribution in [0.5, 0.6) is 5.75 Å². The van der Waals surface area contributed by atoms with E-state index in [1.54, 1.807) is 18.2 Å². The summed E-state index contributed by atoms with van der Waals surface area (Å²) in [4.78, 5) is 29.4. The average molecular weight is 436 g/mol. The van der Waals surface area contributed by atoms with Crippen LogP contribution in [0, 0.1) is 6.92 Å². The first-order valence-electron chi connectivity index (χ1n) is 9.26. The summed E-state index contributed by atoms with van der Waals surface area (Å²) in [6, 6.07) is 22.0. The average Bonchev–Trinajstić information content (AvgIpc) is 2.99. The number of amides is 2. The standard InChI is InChI=1S/C24H18ClNO3S/c1-15-8-10-16(11-9-15)21-22(30-18-6-4-3-5-7-18)24(28)26(23(21)27)19-14-17(25)12-13-20(19)29-2/h3-14H,1-2H3. The Morgan fingerprint density at radius 2 is 1.60 bits per heavy atom. The second-order valence-corrected chi connectivity index (χ2v) is 8.27. The van der Waals surface area contributed by atoms with Crippen LogP contribution in [0.25, 0.3) is 5.57 Å². The largest absolute Gasteiger partial charge is 0.495 e. The SMILES string of the molecule is COc1ccc(Cl)cc1N1C(=O)C(Sc2ccccc2)=C(c2ccc(C)cc2)C1=O. The zero-order valence-electron chi connectivity index (χ0n) is 16.4. The second kappa shape index (κ2) is 8.38. The fraction of sp³-hybridized carbons (Fsp3) is 0.0833. The molecule has 2 amide bonds. The van der Waals surface area contributed by atoms with Gasteiger partial charge in [-0.1, -0.05) is 71.4 Å². The van der Waals surface area contributed by atoms with Crippen LogP contribution in [0.4, 0.5) is 5.69 Å². The highest BCUT2D eigenvalue weighted by molar-refractivity contribution is 8.04. The maximum atomic E-state index is 13.5. The number of aryl methyl sites for hydroxylation is 1. The van der Waals surface area contributed by atoms with Crippen LogP contribution in [0.1, 0.15) is 11.1 Å². The highest BCUT2D eigenvalue weighted by atomic mass is 35.5. The van der Waals surface area contributed by atoms with Gasteiger partial charge in [0.1, 0.15) is 5.75 Å². The number of nitrogens with zero attached hydrogens (tertiary/aromatic N) is 1. The minimum Gasteiger partial charge on any atom is -0.495 e. The number of benzene rings is 3. The van der Waals surface area contributed by atoms with Gasteiger partial charge in [0.15, 0.2) is 0 Å². The summed E-state index contributed by atoms with van der Waals surface area (Å²) in [5, 5.41) is 0.410. The third kappa shape index (κ3) is 3.74. The Balaban J connectivity index is 1.86. The number of hydrogen-bond donors (Lipinski definition) is 0. The van der Waals surface area contributed by atoms with E-state index < -0.39 is 11.8 Å². The third-order valence-electron chi connectivity index (χ3n) is 4.73. The molecule has 1 heterocycles. The summed E-state index contributed by atoms with van der Waals surface area (Å²) in [7, 11) is 1.49. The fourth-order valence-corrected chi connectivity index (χ4v) is 4.42. The minimum atomic E-state index is -0.400. The first kappa shape index (κ1) is 20.3. The van der Waals surface area contributed by atoms with Crippen molar-refractivity contribution in [1.82, 2.24) is 0 Å². The predicted octanol–water partition coefficient (Wildman–Crippen LogP) is 5.73. The van der Waals surface area contributed by atoms with Gasteiger partial charge in [-0.3, -0.25) is 9.59 Å². The normalized spacial score (nSPS) is 13.9. The van der Waals surface area contributed by atoms with E-state index in [9.17, 15) is 9.59 Å². The van der Waals surface area contributed by atoms with Gasteiger partial charge in [-0.15, -0.1) is 0 Å². The molecule has 0 N–H and O–H groups in total. The number of thioether (sulfide) groups is 1. The Labute approximate surface area is 184 Å². The molecule has 0 aliphatic carbocycles. The topological polar surface area (TPSA) is 46.6 Å². The van der Waals surface area contributed by atoms with E-state index in [2.05, 4.69) is 0 Å². The summed E-state index contributed by atoms with van der Waals surface area (Å²) in [5.41, 5.74) is 2.46. The quantitative estimate of drug-likeness (QED) is 0.480. The molecule has 0 spiro atoms. The van der Waals surface area contributed by atoms with E-state index in [1.807, 2.05) is 61.5 Å². The number of carbonyl (C=O) groups excluding carboxylic acids is 2. The van der Waals surface area contributed by atoms with Crippen LogP contribution >= 0.6 is 23.4 Å². The van der Waals surface area contributed by atoms with E-state index in [0.29, 0.717) is 32.5 Å². The molecule has 4 nitrogen and oxygen atoms in total. The number of rotatable bonds is 5. The van der Waals surface area contributed by atoms with E-state index >= 15 is 0 Å². The number of ether oxygens (including phenoxy) is 1. The molecular formula is C24H18ClNO3S. The number of anilines is 1. The van der Waals surface area contributed by atoms with Crippen molar-refractivity contribution in [3.8, 4) is 5.75 Å². The van der Waals surface area contributed by atoms with Crippen molar-refractivity contribution in [2.75, 3.05) is 12.0 Å². The van der Waals surface area contributed by atoms with Crippen molar-refractivity contribution in [2.45, 2.75) is 11.8 Å². The lowest BCUT2D eigenvalue weighted by atomic mass is 10.0. The lowest BCUT2D eigenvalue weighted by Gasteiger charge is -2.18. The van der Waals surface area contributed by atoms with Crippen molar-refractivity contribution in [1.29, 1.82) is 0 Å². The molecule has 150 valence electrons. The van der Waals surface area contributed by atoms with Gasteiger partial charge >= 0.3 is 0 Å². The molecule has 3 aromatic carbocycles. The van der Waals surface area contributed by atoms with Gasteiger partial charge in [0.25, 0.3) is 11.8 Å². The zero-order valence-corrected chi connectivity index (χ0v) is 18.0. The van der Waals surface area contributed by atoms with Gasteiger partial charge in [0.2, 0.25) is 0 Å². The number of halogens is 1. The molecule has 4 rings (SSSR count). The van der Waals surface area contributed by atoms with Gasteiger partial charge in [0, 0.05) is 9.92 Å². The molecule has 0 fully saturated rings. The molecule has 0 saturated heterocycles. The van der Waals surface area contributed by atoms with Crippen LogP contribution in [-0.4, -0.2) is 18.9 Å². The smallest absolute Gasteiger partial charge is 0.273 e. The van der Waals surface area contributed by atoms with Crippen LogP contribution in [-0.2, 0) is 9.59 Å². The highest BCUT2D eigenvalue weighted by Gasteiger charge is 2.41. The Kier molecular flexibility index (Phi) is 5.66. The van der Waals surface area contributed by atoms with E-state index in [4.69, 9.17) is 16.3 Å². The first-order chi connectivity index (χ1) is 14.5. The van der Waals surface area contributed by atoms with Crippen molar-refractivity contribution >= 4 is 46.4 Å². The summed E-state index contributed by atoms with van der Waals surface area (Å²) in [5.74, 6) is -0.400. The van der Waals surface area contributed by atoms with Crippen molar-refractivity contribution < 1.29 is 14.3 Å². The van der Waals surface area contributed by atoms with Gasteiger partial charge in [0.05, 0.1) is 23.3 Å². The van der Waals surface area contributed by atoms with Gasteiger partial charge < -0.3 is 4.74 Å². The molecule has 6 heteroatoms. The number of hydrogen-bond acceptors (Lipinski definition) is 4. The van der Waals surface area contributed by atoms with Gasteiger partial charge in [-0.25, -0.2) is 4.90 Å². The molecule has 0 atom stereocenters. The molecule has 30 heavy (non-hydrogen) atoms.